The third-order valence-electron chi connectivity index (χ3n) is 3.39. The fourth-order valence-corrected chi connectivity index (χ4v) is 2.94. The van der Waals surface area contributed by atoms with Crippen molar-refractivity contribution in [1.29, 1.82) is 0 Å². The van der Waals surface area contributed by atoms with Gasteiger partial charge in [0, 0.05) is 10.9 Å². The predicted octanol–water partition coefficient (Wildman–Crippen LogP) is 3.29. The molecule has 10 heteroatoms. The third kappa shape index (κ3) is 2.90. The average molecular weight is 359 g/mol. The van der Waals surface area contributed by atoms with Crippen LogP contribution in [-0.2, 0) is 0 Å². The van der Waals surface area contributed by atoms with Crippen LogP contribution in [0.3, 0.4) is 0 Å². The predicted molar refractivity (Wildman–Crippen MR) is 87.0 cm³/mol. The Kier molecular flexibility index (Phi) is 3.58. The van der Waals surface area contributed by atoms with Crippen molar-refractivity contribution in [3.8, 4) is 22.8 Å². The maximum atomic E-state index is 12.1. The number of nitrogens with one attached hydrogen (secondary N) is 1. The van der Waals surface area contributed by atoms with Crippen molar-refractivity contribution in [1.82, 2.24) is 4.98 Å². The monoisotopic (exact) mass is 359 g/mol. The molecule has 0 saturated heterocycles. The Bertz CT molecular complexity index is 979. The highest BCUT2D eigenvalue weighted by Gasteiger charge is 2.19. The van der Waals surface area contributed by atoms with Gasteiger partial charge in [-0.05, 0) is 24.3 Å². The zero-order valence-electron chi connectivity index (χ0n) is 12.4. The topological polar surface area (TPSA) is 117 Å². The van der Waals surface area contributed by atoms with E-state index in [2.05, 4.69) is 10.3 Å². The van der Waals surface area contributed by atoms with Crippen LogP contribution in [-0.4, -0.2) is 22.6 Å². The molecule has 25 heavy (non-hydrogen) atoms. The Labute approximate surface area is 144 Å². The fourth-order valence-electron chi connectivity index (χ4n) is 2.23. The summed E-state index contributed by atoms with van der Waals surface area (Å²) in [7, 11) is 0. The summed E-state index contributed by atoms with van der Waals surface area (Å²) in [5.74, 6) is 0.0439. The number of amides is 1. The van der Waals surface area contributed by atoms with Gasteiger partial charge >= 0.3 is 5.88 Å². The number of anilines is 1. The molecule has 1 N–H and O–H groups in total. The summed E-state index contributed by atoms with van der Waals surface area (Å²) in [4.78, 5) is 26.3. The number of hydrogen-bond donors (Lipinski definition) is 1. The summed E-state index contributed by atoms with van der Waals surface area (Å²) in [6.07, 6.45) is 0. The van der Waals surface area contributed by atoms with Gasteiger partial charge < -0.3 is 13.9 Å². The molecule has 0 aliphatic carbocycles. The van der Waals surface area contributed by atoms with E-state index in [-0.39, 0.29) is 12.6 Å². The molecule has 9 nitrogen and oxygen atoms in total. The quantitative estimate of drug-likeness (QED) is 0.561. The molecule has 0 atom stereocenters. The van der Waals surface area contributed by atoms with Gasteiger partial charge in [0.1, 0.15) is 4.92 Å². The number of carbonyl (C=O) groups excluding carboxylic acids is 1. The molecule has 3 heterocycles. The van der Waals surface area contributed by atoms with E-state index in [9.17, 15) is 14.9 Å². The van der Waals surface area contributed by atoms with Crippen molar-refractivity contribution in [2.24, 2.45) is 0 Å². The van der Waals surface area contributed by atoms with Crippen LogP contribution in [0, 0.1) is 10.1 Å². The average Bonchev–Trinajstić information content (AvgIpc) is 3.33. The number of hydrogen-bond acceptors (Lipinski definition) is 8. The molecule has 1 aliphatic rings. The van der Waals surface area contributed by atoms with Crippen molar-refractivity contribution in [3.63, 3.8) is 0 Å². The maximum absolute atomic E-state index is 12.1. The van der Waals surface area contributed by atoms with Crippen molar-refractivity contribution in [3.05, 3.63) is 51.6 Å². The molecule has 126 valence electrons. The highest BCUT2D eigenvalue weighted by atomic mass is 32.1. The first-order valence-corrected chi connectivity index (χ1v) is 7.89. The molecule has 4 rings (SSSR count). The highest BCUT2D eigenvalue weighted by molar-refractivity contribution is 7.14. The van der Waals surface area contributed by atoms with E-state index < -0.39 is 16.7 Å². The van der Waals surface area contributed by atoms with E-state index in [1.54, 1.807) is 17.5 Å². The Morgan fingerprint density at radius 1 is 1.24 bits per heavy atom. The number of ether oxygens (including phenoxy) is 2. The third-order valence-corrected chi connectivity index (χ3v) is 4.15. The van der Waals surface area contributed by atoms with Gasteiger partial charge in [0.25, 0.3) is 5.91 Å². The van der Waals surface area contributed by atoms with Gasteiger partial charge in [0.05, 0.1) is 11.8 Å². The number of nitrogens with zero attached hydrogens (tertiary/aromatic N) is 2. The first-order chi connectivity index (χ1) is 12.1. The standard InChI is InChI=1S/C15H9N3O6S/c19-14(11-3-4-13(24-11)18(20)21)17-15-16-9(6-25-15)8-1-2-10-12(5-8)23-7-22-10/h1-6H,7H2,(H,16,17,19). The van der Waals surface area contributed by atoms with Gasteiger partial charge in [-0.2, -0.15) is 0 Å². The van der Waals surface area contributed by atoms with Crippen LogP contribution in [0.5, 0.6) is 11.5 Å². The summed E-state index contributed by atoms with van der Waals surface area (Å²) in [6.45, 7) is 0.187. The van der Waals surface area contributed by atoms with E-state index in [1.165, 1.54) is 17.4 Å². The molecule has 2 aromatic heterocycles. The molecule has 1 aromatic carbocycles. The van der Waals surface area contributed by atoms with Gasteiger partial charge in [0.2, 0.25) is 6.79 Å². The van der Waals surface area contributed by atoms with Crippen molar-refractivity contribution < 1.29 is 23.6 Å². The Morgan fingerprint density at radius 3 is 2.88 bits per heavy atom. The summed E-state index contributed by atoms with van der Waals surface area (Å²) in [6, 6.07) is 7.79. The van der Waals surface area contributed by atoms with Crippen molar-refractivity contribution >= 4 is 28.3 Å². The second-order valence-electron chi connectivity index (χ2n) is 4.96. The zero-order chi connectivity index (χ0) is 17.4. The van der Waals surface area contributed by atoms with E-state index in [0.717, 1.165) is 11.6 Å². The van der Waals surface area contributed by atoms with Gasteiger partial charge in [-0.1, -0.05) is 0 Å². The molecule has 0 saturated carbocycles. The smallest absolute Gasteiger partial charge is 0.433 e. The summed E-state index contributed by atoms with van der Waals surface area (Å²) in [5, 5.41) is 15.3. The minimum absolute atomic E-state index is 0.161. The van der Waals surface area contributed by atoms with E-state index in [0.29, 0.717) is 22.3 Å². The second kappa shape index (κ2) is 5.91. The summed E-state index contributed by atoms with van der Waals surface area (Å²) < 4.78 is 15.4. The maximum Gasteiger partial charge on any atom is 0.433 e. The molecule has 3 aromatic rings. The molecular formula is C15H9N3O6S. The molecule has 0 spiro atoms. The zero-order valence-corrected chi connectivity index (χ0v) is 13.2. The largest absolute Gasteiger partial charge is 0.454 e. The molecular weight excluding hydrogens is 350 g/mol. The number of fused-ring (bicyclic) bond motifs is 1. The lowest BCUT2D eigenvalue weighted by Crippen LogP contribution is -2.10. The molecule has 0 fully saturated rings. The Hall–Kier alpha value is -3.40. The minimum atomic E-state index is -0.710. The Morgan fingerprint density at radius 2 is 2.08 bits per heavy atom. The first kappa shape index (κ1) is 15.1. The second-order valence-corrected chi connectivity index (χ2v) is 5.81. The minimum Gasteiger partial charge on any atom is -0.454 e. The molecule has 0 unspecified atom stereocenters. The molecule has 0 bridgehead atoms. The highest BCUT2D eigenvalue weighted by Crippen LogP contribution is 2.36. The van der Waals surface area contributed by atoms with Crippen LogP contribution in [0.15, 0.2) is 40.1 Å². The van der Waals surface area contributed by atoms with Gasteiger partial charge in [-0.15, -0.1) is 11.3 Å². The van der Waals surface area contributed by atoms with Crippen LogP contribution in [0.25, 0.3) is 11.3 Å². The normalized spacial score (nSPS) is 12.2. The first-order valence-electron chi connectivity index (χ1n) is 7.01. The molecule has 1 aliphatic heterocycles. The molecule has 0 radical (unpaired) electrons. The van der Waals surface area contributed by atoms with Crippen molar-refractivity contribution in [2.75, 3.05) is 12.1 Å². The number of carbonyl (C=O) groups is 1. The van der Waals surface area contributed by atoms with Gasteiger partial charge in [0.15, 0.2) is 22.4 Å². The lowest BCUT2D eigenvalue weighted by Gasteiger charge is -2.00. The van der Waals surface area contributed by atoms with Crippen LogP contribution < -0.4 is 14.8 Å². The van der Waals surface area contributed by atoms with Crippen LogP contribution in [0.4, 0.5) is 11.0 Å². The lowest BCUT2D eigenvalue weighted by atomic mass is 10.1. The Balaban J connectivity index is 1.51. The number of aromatic nitrogens is 1. The van der Waals surface area contributed by atoms with E-state index in [4.69, 9.17) is 13.9 Å². The number of rotatable bonds is 4. The van der Waals surface area contributed by atoms with Crippen LogP contribution >= 0.6 is 11.3 Å². The fraction of sp³-hybridized carbons (Fsp3) is 0.0667. The van der Waals surface area contributed by atoms with Crippen LogP contribution in [0.2, 0.25) is 0 Å². The SMILES string of the molecule is O=C(Nc1nc(-c2ccc3c(c2)OCO3)cs1)c1ccc([N+](=O)[O-])o1. The van der Waals surface area contributed by atoms with Crippen LogP contribution in [0.1, 0.15) is 10.6 Å². The van der Waals surface area contributed by atoms with E-state index >= 15 is 0 Å². The summed E-state index contributed by atoms with van der Waals surface area (Å²) in [5.41, 5.74) is 1.47. The van der Waals surface area contributed by atoms with E-state index in [1.807, 2.05) is 6.07 Å². The molecule has 1 amide bonds. The van der Waals surface area contributed by atoms with Gasteiger partial charge in [-0.3, -0.25) is 20.2 Å². The number of benzene rings is 1. The number of furan rings is 1. The number of nitro groups is 1. The van der Waals surface area contributed by atoms with Gasteiger partial charge in [-0.25, -0.2) is 4.98 Å². The summed E-state index contributed by atoms with van der Waals surface area (Å²) >= 11 is 1.22. The van der Waals surface area contributed by atoms with Crippen molar-refractivity contribution in [2.45, 2.75) is 0 Å². The number of thiazole rings is 1. The lowest BCUT2D eigenvalue weighted by molar-refractivity contribution is -0.402.